The van der Waals surface area contributed by atoms with Gasteiger partial charge in [0.15, 0.2) is 5.03 Å². The first-order valence-corrected chi connectivity index (χ1v) is 8.19. The number of hydrogen-bond donors (Lipinski definition) is 0. The number of nitro groups is 1. The molecule has 7 nitrogen and oxygen atoms in total. The Morgan fingerprint density at radius 2 is 2.25 bits per heavy atom. The molecule has 0 spiro atoms. The van der Waals surface area contributed by atoms with Crippen LogP contribution in [0.5, 0.6) is 0 Å². The summed E-state index contributed by atoms with van der Waals surface area (Å²) >= 11 is 0. The Balaban J connectivity index is 1.74. The lowest BCUT2D eigenvalue weighted by atomic mass is 10.1. The molecule has 1 aromatic rings. The van der Waals surface area contributed by atoms with E-state index in [1.165, 1.54) is 5.56 Å². The zero-order valence-corrected chi connectivity index (χ0v) is 13.8. The Hall–Kier alpha value is -2.41. The van der Waals surface area contributed by atoms with Gasteiger partial charge in [0.25, 0.3) is 5.96 Å². The second kappa shape index (κ2) is 7.44. The van der Waals surface area contributed by atoms with Gasteiger partial charge in [-0.25, -0.2) is 10.1 Å². The SMILES string of the molecule is Cc1ccccc1C=CN1CCN(CC2CCOC2)C1=N[N+](=O)[O-]. The predicted octanol–water partition coefficient (Wildman–Crippen LogP) is 2.17. The van der Waals surface area contributed by atoms with Crippen LogP contribution in [0.15, 0.2) is 35.6 Å². The lowest BCUT2D eigenvalue weighted by Crippen LogP contribution is -2.35. The van der Waals surface area contributed by atoms with E-state index in [9.17, 15) is 10.1 Å². The van der Waals surface area contributed by atoms with E-state index < -0.39 is 5.03 Å². The van der Waals surface area contributed by atoms with Crippen molar-refractivity contribution in [2.75, 3.05) is 32.8 Å². The Morgan fingerprint density at radius 1 is 1.42 bits per heavy atom. The Morgan fingerprint density at radius 3 is 2.96 bits per heavy atom. The molecule has 2 aliphatic rings. The maximum Gasteiger partial charge on any atom is 0.278 e. The van der Waals surface area contributed by atoms with E-state index in [0.29, 0.717) is 18.4 Å². The highest BCUT2D eigenvalue weighted by atomic mass is 16.7. The smallest absolute Gasteiger partial charge is 0.278 e. The molecule has 0 aromatic heterocycles. The Kier molecular flexibility index (Phi) is 5.10. The third-order valence-electron chi connectivity index (χ3n) is 4.45. The van der Waals surface area contributed by atoms with Gasteiger partial charge in [0.05, 0.1) is 6.61 Å². The van der Waals surface area contributed by atoms with Crippen molar-refractivity contribution in [3.63, 3.8) is 0 Å². The van der Waals surface area contributed by atoms with E-state index in [2.05, 4.69) is 5.10 Å². The number of guanidine groups is 1. The van der Waals surface area contributed by atoms with Crippen LogP contribution in [-0.4, -0.2) is 53.6 Å². The van der Waals surface area contributed by atoms with E-state index in [0.717, 1.165) is 38.3 Å². The van der Waals surface area contributed by atoms with Gasteiger partial charge in [-0.05, 0) is 30.5 Å². The fourth-order valence-electron chi connectivity index (χ4n) is 3.10. The number of ether oxygens (including phenoxy) is 1. The molecule has 1 atom stereocenters. The summed E-state index contributed by atoms with van der Waals surface area (Å²) in [6, 6.07) is 8.05. The average Bonchev–Trinajstić information content (AvgIpc) is 3.18. The van der Waals surface area contributed by atoms with Crippen LogP contribution < -0.4 is 0 Å². The highest BCUT2D eigenvalue weighted by molar-refractivity contribution is 5.83. The molecule has 128 valence electrons. The zero-order valence-electron chi connectivity index (χ0n) is 13.8. The number of aryl methyl sites for hydroxylation is 1. The van der Waals surface area contributed by atoms with Gasteiger partial charge in [-0.15, -0.1) is 0 Å². The quantitative estimate of drug-likeness (QED) is 0.611. The number of hydrogen-bond acceptors (Lipinski definition) is 3. The van der Waals surface area contributed by atoms with Crippen molar-refractivity contribution in [3.05, 3.63) is 51.7 Å². The minimum Gasteiger partial charge on any atom is -0.381 e. The number of benzene rings is 1. The molecule has 2 heterocycles. The van der Waals surface area contributed by atoms with E-state index in [1.807, 2.05) is 53.3 Å². The minimum atomic E-state index is -0.618. The van der Waals surface area contributed by atoms with Crippen LogP contribution in [0.4, 0.5) is 0 Å². The molecule has 3 rings (SSSR count). The molecular formula is C17H22N4O3. The summed E-state index contributed by atoms with van der Waals surface area (Å²) in [6.45, 7) is 5.73. The third-order valence-corrected chi connectivity index (χ3v) is 4.45. The highest BCUT2D eigenvalue weighted by Crippen LogP contribution is 2.19. The number of rotatable bonds is 5. The van der Waals surface area contributed by atoms with Crippen molar-refractivity contribution in [3.8, 4) is 0 Å². The zero-order chi connectivity index (χ0) is 16.9. The van der Waals surface area contributed by atoms with Gasteiger partial charge in [-0.2, -0.15) is 0 Å². The molecule has 0 aliphatic carbocycles. The van der Waals surface area contributed by atoms with Crippen molar-refractivity contribution < 1.29 is 9.77 Å². The Bertz CT molecular complexity index is 653. The lowest BCUT2D eigenvalue weighted by Gasteiger charge is -2.21. The molecule has 2 fully saturated rings. The predicted molar refractivity (Wildman–Crippen MR) is 91.8 cm³/mol. The van der Waals surface area contributed by atoms with E-state index >= 15 is 0 Å². The van der Waals surface area contributed by atoms with Gasteiger partial charge in [0, 0.05) is 38.4 Å². The summed E-state index contributed by atoms with van der Waals surface area (Å²) in [4.78, 5) is 14.8. The fraction of sp³-hybridized carbons (Fsp3) is 0.471. The second-order valence-electron chi connectivity index (χ2n) is 6.18. The number of nitrogens with zero attached hydrogens (tertiary/aromatic N) is 4. The minimum absolute atomic E-state index is 0.414. The summed E-state index contributed by atoms with van der Waals surface area (Å²) < 4.78 is 5.40. The highest BCUT2D eigenvalue weighted by Gasteiger charge is 2.31. The van der Waals surface area contributed by atoms with Crippen LogP contribution in [0.1, 0.15) is 17.5 Å². The van der Waals surface area contributed by atoms with Crippen LogP contribution in [0.2, 0.25) is 0 Å². The van der Waals surface area contributed by atoms with E-state index in [1.54, 1.807) is 0 Å². The molecule has 24 heavy (non-hydrogen) atoms. The van der Waals surface area contributed by atoms with Crippen molar-refractivity contribution in [1.82, 2.24) is 9.80 Å². The first kappa shape index (κ1) is 16.4. The van der Waals surface area contributed by atoms with Crippen LogP contribution in [0, 0.1) is 23.0 Å². The maximum atomic E-state index is 10.9. The molecule has 1 unspecified atom stereocenters. The number of hydrazone groups is 1. The summed E-state index contributed by atoms with van der Waals surface area (Å²) in [7, 11) is 0. The topological polar surface area (TPSA) is 71.2 Å². The third kappa shape index (κ3) is 3.91. The molecule has 2 saturated heterocycles. The molecule has 0 radical (unpaired) electrons. The standard InChI is InChI=1S/C17H22N4O3/c1-14-4-2-3-5-16(14)6-8-19-9-10-20(17(19)18-21(22)23)12-15-7-11-24-13-15/h2-6,8,15H,7,9-13H2,1H3. The summed E-state index contributed by atoms with van der Waals surface area (Å²) in [5.74, 6) is 0.832. The van der Waals surface area contributed by atoms with Crippen molar-refractivity contribution in [1.29, 1.82) is 0 Å². The van der Waals surface area contributed by atoms with Crippen LogP contribution in [0.25, 0.3) is 6.08 Å². The molecule has 2 aliphatic heterocycles. The van der Waals surface area contributed by atoms with Gasteiger partial charge in [-0.3, -0.25) is 0 Å². The first-order chi connectivity index (χ1) is 11.6. The summed E-state index contributed by atoms with van der Waals surface area (Å²) in [5, 5.41) is 13.9. The average molecular weight is 330 g/mol. The second-order valence-corrected chi connectivity index (χ2v) is 6.18. The molecule has 0 amide bonds. The molecular weight excluding hydrogens is 308 g/mol. The molecule has 0 saturated carbocycles. The van der Waals surface area contributed by atoms with Gasteiger partial charge >= 0.3 is 0 Å². The normalized spacial score (nSPS) is 22.9. The van der Waals surface area contributed by atoms with Gasteiger partial charge in [0.1, 0.15) is 5.10 Å². The van der Waals surface area contributed by atoms with Crippen molar-refractivity contribution in [2.45, 2.75) is 13.3 Å². The van der Waals surface area contributed by atoms with E-state index in [-0.39, 0.29) is 0 Å². The van der Waals surface area contributed by atoms with Crippen molar-refractivity contribution >= 4 is 12.0 Å². The largest absolute Gasteiger partial charge is 0.381 e. The van der Waals surface area contributed by atoms with E-state index in [4.69, 9.17) is 4.74 Å². The van der Waals surface area contributed by atoms with Crippen LogP contribution >= 0.6 is 0 Å². The fourth-order valence-corrected chi connectivity index (χ4v) is 3.10. The maximum absolute atomic E-state index is 10.9. The monoisotopic (exact) mass is 330 g/mol. The lowest BCUT2D eigenvalue weighted by molar-refractivity contribution is -0.486. The van der Waals surface area contributed by atoms with Gasteiger partial charge in [-0.1, -0.05) is 24.3 Å². The van der Waals surface area contributed by atoms with Gasteiger partial charge < -0.3 is 14.5 Å². The molecule has 7 heteroatoms. The van der Waals surface area contributed by atoms with Crippen LogP contribution in [0.3, 0.4) is 0 Å². The first-order valence-electron chi connectivity index (χ1n) is 8.19. The van der Waals surface area contributed by atoms with Crippen LogP contribution in [-0.2, 0) is 4.74 Å². The molecule has 0 N–H and O–H groups in total. The molecule has 0 bridgehead atoms. The Labute approximate surface area is 141 Å². The van der Waals surface area contributed by atoms with Gasteiger partial charge in [0.2, 0.25) is 0 Å². The molecule has 1 aromatic carbocycles. The summed E-state index contributed by atoms with van der Waals surface area (Å²) in [5.41, 5.74) is 2.27. The summed E-state index contributed by atoms with van der Waals surface area (Å²) in [6.07, 6.45) is 4.87. The van der Waals surface area contributed by atoms with Crippen molar-refractivity contribution in [2.24, 2.45) is 11.0 Å².